The van der Waals surface area contributed by atoms with Crippen molar-refractivity contribution in [3.63, 3.8) is 0 Å². The summed E-state index contributed by atoms with van der Waals surface area (Å²) in [6.45, 7) is -0.368. The van der Waals surface area contributed by atoms with Gasteiger partial charge in [0.05, 0.1) is 0 Å². The van der Waals surface area contributed by atoms with Crippen LogP contribution in [0.15, 0.2) is 24.3 Å². The lowest BCUT2D eigenvalue weighted by atomic mass is 10.2. The number of rotatable bonds is 9. The molecule has 1 aromatic carbocycles. The highest BCUT2D eigenvalue weighted by atomic mass is 17.0. The highest BCUT2D eigenvalue weighted by molar-refractivity contribution is 5.93. The maximum atomic E-state index is 12.0. The van der Waals surface area contributed by atoms with Crippen molar-refractivity contribution in [1.82, 2.24) is 0 Å². The zero-order valence-corrected chi connectivity index (χ0v) is 12.3. The third-order valence-electron chi connectivity index (χ3n) is 2.36. The fourth-order valence-electron chi connectivity index (χ4n) is 1.50. The van der Waals surface area contributed by atoms with Gasteiger partial charge in [-0.15, -0.1) is 20.2 Å². The Morgan fingerprint density at radius 1 is 1.12 bits per heavy atom. The molecule has 0 N–H and O–H groups in total. The number of esters is 2. The summed E-state index contributed by atoms with van der Waals surface area (Å²) in [6, 6.07) is 5.64. The van der Waals surface area contributed by atoms with Crippen LogP contribution in [-0.2, 0) is 19.2 Å². The van der Waals surface area contributed by atoms with Gasteiger partial charge in [0.15, 0.2) is 6.10 Å². The van der Waals surface area contributed by atoms with Crippen LogP contribution in [0.5, 0.6) is 5.75 Å². The van der Waals surface area contributed by atoms with Gasteiger partial charge in [-0.2, -0.15) is 0 Å². The molecule has 0 aliphatic rings. The van der Waals surface area contributed by atoms with E-state index >= 15 is 0 Å². The summed E-state index contributed by atoms with van der Waals surface area (Å²) in [7, 11) is 0. The molecule has 12 heteroatoms. The topological polar surface area (TPSA) is 157 Å². The minimum absolute atomic E-state index is 0.0664. The lowest BCUT2D eigenvalue weighted by Gasteiger charge is -2.14. The van der Waals surface area contributed by atoms with E-state index in [-0.39, 0.29) is 11.3 Å². The molecule has 1 atom stereocenters. The first-order valence-corrected chi connectivity index (χ1v) is 6.32. The van der Waals surface area contributed by atoms with Crippen LogP contribution in [0.2, 0.25) is 0 Å². The molecule has 0 amide bonds. The number of nitrogens with zero attached hydrogens (tertiary/aromatic N) is 2. The molecule has 0 aliphatic carbocycles. The monoisotopic (exact) mass is 344 g/mol. The van der Waals surface area contributed by atoms with E-state index in [1.54, 1.807) is 0 Å². The summed E-state index contributed by atoms with van der Waals surface area (Å²) in [6.07, 6.45) is -1.50. The standard InChI is InChI=1S/C12H12N2O10/c1-8(15)23-11-5-3-2-4-10(11)12(16)21-6-9(24-14(19)20)7-22-13(17)18/h2-5,9H,6-7H2,1H3/t9-/m0/s1. The summed E-state index contributed by atoms with van der Waals surface area (Å²) in [5.74, 6) is -1.70. The Kier molecular flexibility index (Phi) is 6.88. The number of para-hydroxylation sites is 1. The molecule has 0 unspecified atom stereocenters. The average Bonchev–Trinajstić information content (AvgIpc) is 2.49. The van der Waals surface area contributed by atoms with E-state index in [1.807, 2.05) is 0 Å². The first-order chi connectivity index (χ1) is 11.3. The zero-order valence-electron chi connectivity index (χ0n) is 12.3. The fraction of sp³-hybridized carbons (Fsp3) is 0.333. The van der Waals surface area contributed by atoms with Crippen molar-refractivity contribution in [2.45, 2.75) is 13.0 Å². The van der Waals surface area contributed by atoms with E-state index in [1.165, 1.54) is 24.3 Å². The minimum Gasteiger partial charge on any atom is -0.460 e. The molecule has 1 aromatic rings. The van der Waals surface area contributed by atoms with Gasteiger partial charge in [0.25, 0.3) is 10.2 Å². The van der Waals surface area contributed by atoms with E-state index in [0.29, 0.717) is 0 Å². The Morgan fingerprint density at radius 3 is 2.38 bits per heavy atom. The predicted molar refractivity (Wildman–Crippen MR) is 72.8 cm³/mol. The molecule has 0 radical (unpaired) electrons. The Labute approximate surface area is 134 Å². The smallest absolute Gasteiger partial charge is 0.342 e. The second-order valence-corrected chi connectivity index (χ2v) is 4.16. The normalized spacial score (nSPS) is 11.0. The Morgan fingerprint density at radius 2 is 1.79 bits per heavy atom. The van der Waals surface area contributed by atoms with Crippen LogP contribution >= 0.6 is 0 Å². The van der Waals surface area contributed by atoms with Crippen LogP contribution in [0.4, 0.5) is 0 Å². The SMILES string of the molecule is CC(=O)Oc1ccccc1C(=O)OC[C@@H](CO[N+](=O)[O-])O[N+](=O)[O-]. The first kappa shape index (κ1) is 18.6. The van der Waals surface area contributed by atoms with Gasteiger partial charge in [0.1, 0.15) is 24.5 Å². The van der Waals surface area contributed by atoms with Crippen molar-refractivity contribution < 1.29 is 38.9 Å². The van der Waals surface area contributed by atoms with Crippen molar-refractivity contribution in [3.8, 4) is 5.75 Å². The molecule has 0 saturated carbocycles. The van der Waals surface area contributed by atoms with Gasteiger partial charge in [-0.1, -0.05) is 12.1 Å². The van der Waals surface area contributed by atoms with Crippen LogP contribution in [0.3, 0.4) is 0 Å². The van der Waals surface area contributed by atoms with Gasteiger partial charge in [-0.25, -0.2) is 4.79 Å². The second kappa shape index (κ2) is 8.87. The second-order valence-electron chi connectivity index (χ2n) is 4.16. The largest absolute Gasteiger partial charge is 0.460 e. The van der Waals surface area contributed by atoms with Gasteiger partial charge in [-0.05, 0) is 12.1 Å². The number of hydrogen-bond donors (Lipinski definition) is 0. The molecule has 0 saturated heterocycles. The lowest BCUT2D eigenvalue weighted by Crippen LogP contribution is -2.30. The van der Waals surface area contributed by atoms with Gasteiger partial charge in [0, 0.05) is 6.92 Å². The van der Waals surface area contributed by atoms with Crippen molar-refractivity contribution >= 4 is 11.9 Å². The number of ether oxygens (including phenoxy) is 2. The van der Waals surface area contributed by atoms with Crippen LogP contribution in [0, 0.1) is 20.2 Å². The molecule has 0 fully saturated rings. The molecule has 0 bridgehead atoms. The Bertz CT molecular complexity index is 632. The van der Waals surface area contributed by atoms with Gasteiger partial charge in [0.2, 0.25) is 0 Å². The van der Waals surface area contributed by atoms with Crippen molar-refractivity contribution in [2.24, 2.45) is 0 Å². The molecule has 1 rings (SSSR count). The minimum atomic E-state index is -1.50. The Hall–Kier alpha value is -3.44. The lowest BCUT2D eigenvalue weighted by molar-refractivity contribution is -0.790. The number of carbonyl (C=O) groups excluding carboxylic acids is 2. The summed E-state index contributed by atoms with van der Waals surface area (Å²) >= 11 is 0. The van der Waals surface area contributed by atoms with Gasteiger partial charge in [-0.3, -0.25) is 4.79 Å². The molecule has 0 aromatic heterocycles. The quantitative estimate of drug-likeness (QED) is 0.268. The molecule has 0 spiro atoms. The van der Waals surface area contributed by atoms with E-state index in [9.17, 15) is 29.8 Å². The zero-order chi connectivity index (χ0) is 18.1. The molecule has 0 heterocycles. The molecule has 12 nitrogen and oxygen atoms in total. The average molecular weight is 344 g/mol. The van der Waals surface area contributed by atoms with Crippen molar-refractivity contribution in [2.75, 3.05) is 13.2 Å². The van der Waals surface area contributed by atoms with E-state index in [0.717, 1.165) is 6.92 Å². The van der Waals surface area contributed by atoms with Crippen LogP contribution < -0.4 is 4.74 Å². The van der Waals surface area contributed by atoms with Crippen molar-refractivity contribution in [1.29, 1.82) is 0 Å². The van der Waals surface area contributed by atoms with E-state index in [2.05, 4.69) is 9.68 Å². The highest BCUT2D eigenvalue weighted by Gasteiger charge is 2.21. The maximum Gasteiger partial charge on any atom is 0.342 e. The van der Waals surface area contributed by atoms with Gasteiger partial charge < -0.3 is 19.1 Å². The first-order valence-electron chi connectivity index (χ1n) is 6.32. The molecular weight excluding hydrogens is 332 g/mol. The molecule has 24 heavy (non-hydrogen) atoms. The summed E-state index contributed by atoms with van der Waals surface area (Å²) < 4.78 is 9.61. The third kappa shape index (κ3) is 6.55. The third-order valence-corrected chi connectivity index (χ3v) is 2.36. The van der Waals surface area contributed by atoms with Crippen LogP contribution in [-0.4, -0.2) is 41.4 Å². The number of hydrogen-bond acceptors (Lipinski definition) is 10. The molecular formula is C12H12N2O10. The maximum absolute atomic E-state index is 12.0. The summed E-state index contributed by atoms with van der Waals surface area (Å²) in [4.78, 5) is 51.4. The highest BCUT2D eigenvalue weighted by Crippen LogP contribution is 2.19. The summed E-state index contributed by atoms with van der Waals surface area (Å²) in [5, 5.41) is 18.0. The summed E-state index contributed by atoms with van der Waals surface area (Å²) in [5.41, 5.74) is -0.109. The van der Waals surface area contributed by atoms with Crippen LogP contribution in [0.1, 0.15) is 17.3 Å². The molecule has 130 valence electrons. The van der Waals surface area contributed by atoms with Crippen molar-refractivity contribution in [3.05, 3.63) is 50.1 Å². The fourth-order valence-corrected chi connectivity index (χ4v) is 1.50. The molecule has 0 aliphatic heterocycles. The van der Waals surface area contributed by atoms with E-state index in [4.69, 9.17) is 9.47 Å². The van der Waals surface area contributed by atoms with E-state index < -0.39 is 41.4 Å². The van der Waals surface area contributed by atoms with Crippen LogP contribution in [0.25, 0.3) is 0 Å². The Balaban J connectivity index is 2.72. The van der Waals surface area contributed by atoms with Gasteiger partial charge >= 0.3 is 11.9 Å². The number of carbonyl (C=O) groups is 2. The predicted octanol–water partition coefficient (Wildman–Crippen LogP) is 0.554. The number of benzene rings is 1.